The van der Waals surface area contributed by atoms with Crippen LogP contribution >= 0.6 is 0 Å². The van der Waals surface area contributed by atoms with Crippen LogP contribution in [-0.2, 0) is 4.74 Å². The van der Waals surface area contributed by atoms with Crippen molar-refractivity contribution < 1.29 is 19.0 Å². The van der Waals surface area contributed by atoms with Gasteiger partial charge in [-0.05, 0) is 39.8 Å². The van der Waals surface area contributed by atoms with Gasteiger partial charge in [0.2, 0.25) is 0 Å². The molecule has 0 saturated carbocycles. The molecule has 0 heterocycles. The molecule has 0 unspecified atom stereocenters. The van der Waals surface area contributed by atoms with Gasteiger partial charge in [-0.1, -0.05) is 0 Å². The van der Waals surface area contributed by atoms with Crippen LogP contribution in [0.25, 0.3) is 0 Å². The van der Waals surface area contributed by atoms with Crippen LogP contribution in [0.5, 0.6) is 11.5 Å². The number of benzene rings is 1. The van der Waals surface area contributed by atoms with Crippen LogP contribution < -0.4 is 20.1 Å². The first kappa shape index (κ1) is 22.4. The number of likely N-dealkylation sites (N-methyl/N-ethyl adjacent to an activating group) is 1. The molecule has 0 fully saturated rings. The summed E-state index contributed by atoms with van der Waals surface area (Å²) in [6.45, 7) is 9.00. The Bertz CT molecular complexity index is 641. The number of carbonyl (C=O) groups excluding carboxylic acids is 1. The van der Waals surface area contributed by atoms with Gasteiger partial charge in [0.05, 0.1) is 13.7 Å². The van der Waals surface area contributed by atoms with Crippen LogP contribution in [0.1, 0.15) is 27.7 Å². The van der Waals surface area contributed by atoms with Gasteiger partial charge in [-0.25, -0.2) is 4.79 Å². The first-order valence-corrected chi connectivity index (χ1v) is 8.92. The molecule has 0 aliphatic heterocycles. The SMILES string of the molecule is CCOc1ccc(NC(=NC)NCCN(C)C(=O)OC(C)(C)C)cc1OC. The third-order valence-corrected chi connectivity index (χ3v) is 3.39. The Balaban J connectivity index is 2.57. The summed E-state index contributed by atoms with van der Waals surface area (Å²) in [6.07, 6.45) is -0.358. The standard InChI is InChI=1S/C19H32N4O4/c1-8-26-15-10-9-14(13-16(15)25-7)22-17(20-5)21-11-12-23(6)18(24)27-19(2,3)4/h9-10,13H,8,11-12H2,1-7H3,(H2,20,21,22). The zero-order valence-electron chi connectivity index (χ0n) is 17.4. The van der Waals surface area contributed by atoms with E-state index in [1.54, 1.807) is 21.2 Å². The molecule has 8 nitrogen and oxygen atoms in total. The van der Waals surface area contributed by atoms with Crippen LogP contribution in [0.3, 0.4) is 0 Å². The summed E-state index contributed by atoms with van der Waals surface area (Å²) in [6, 6.07) is 5.56. The minimum atomic E-state index is -0.511. The molecule has 0 radical (unpaired) electrons. The van der Waals surface area contributed by atoms with Crippen molar-refractivity contribution in [1.82, 2.24) is 10.2 Å². The Hall–Kier alpha value is -2.64. The van der Waals surface area contributed by atoms with Crippen molar-refractivity contribution in [3.05, 3.63) is 18.2 Å². The normalized spacial score (nSPS) is 11.6. The number of nitrogens with zero attached hydrogens (tertiary/aromatic N) is 2. The van der Waals surface area contributed by atoms with Gasteiger partial charge in [-0.15, -0.1) is 0 Å². The van der Waals surface area contributed by atoms with Gasteiger partial charge in [0.15, 0.2) is 17.5 Å². The lowest BCUT2D eigenvalue weighted by Gasteiger charge is -2.25. The van der Waals surface area contributed by atoms with Crippen LogP contribution in [0, 0.1) is 0 Å². The second-order valence-electron chi connectivity index (χ2n) is 6.82. The maximum absolute atomic E-state index is 12.0. The molecular weight excluding hydrogens is 348 g/mol. The summed E-state index contributed by atoms with van der Waals surface area (Å²) in [5.74, 6) is 1.91. The fraction of sp³-hybridized carbons (Fsp3) is 0.579. The summed E-state index contributed by atoms with van der Waals surface area (Å²) < 4.78 is 16.2. The minimum Gasteiger partial charge on any atom is -0.493 e. The van der Waals surface area contributed by atoms with Crippen molar-refractivity contribution >= 4 is 17.7 Å². The molecule has 0 spiro atoms. The molecule has 0 aromatic heterocycles. The maximum Gasteiger partial charge on any atom is 0.410 e. The molecule has 1 aromatic rings. The molecular formula is C19H32N4O4. The van der Waals surface area contributed by atoms with Crippen LogP contribution in [0.4, 0.5) is 10.5 Å². The number of rotatable bonds is 7. The molecule has 8 heteroatoms. The summed E-state index contributed by atoms with van der Waals surface area (Å²) in [7, 11) is 4.98. The lowest BCUT2D eigenvalue weighted by atomic mass is 10.2. The number of methoxy groups -OCH3 is 1. The highest BCUT2D eigenvalue weighted by atomic mass is 16.6. The van der Waals surface area contributed by atoms with Crippen molar-refractivity contribution in [3.8, 4) is 11.5 Å². The van der Waals surface area contributed by atoms with E-state index in [0.717, 1.165) is 5.69 Å². The summed E-state index contributed by atoms with van der Waals surface area (Å²) in [4.78, 5) is 17.7. The maximum atomic E-state index is 12.0. The van der Waals surface area contributed by atoms with Gasteiger partial charge in [-0.3, -0.25) is 4.99 Å². The average molecular weight is 380 g/mol. The Kier molecular flexibility index (Phi) is 8.71. The Labute approximate surface area is 161 Å². The monoisotopic (exact) mass is 380 g/mol. The zero-order chi connectivity index (χ0) is 20.4. The topological polar surface area (TPSA) is 84.4 Å². The smallest absolute Gasteiger partial charge is 0.410 e. The Morgan fingerprint density at radius 2 is 1.96 bits per heavy atom. The predicted molar refractivity (Wildman–Crippen MR) is 108 cm³/mol. The fourth-order valence-corrected chi connectivity index (χ4v) is 2.11. The van der Waals surface area contributed by atoms with Crippen molar-refractivity contribution in [2.45, 2.75) is 33.3 Å². The number of hydrogen-bond donors (Lipinski definition) is 2. The van der Waals surface area contributed by atoms with E-state index in [-0.39, 0.29) is 6.09 Å². The van der Waals surface area contributed by atoms with Crippen LogP contribution in [0.2, 0.25) is 0 Å². The number of anilines is 1. The lowest BCUT2D eigenvalue weighted by molar-refractivity contribution is 0.0302. The number of guanidine groups is 1. The van der Waals surface area contributed by atoms with E-state index >= 15 is 0 Å². The highest BCUT2D eigenvalue weighted by molar-refractivity contribution is 5.93. The fourth-order valence-electron chi connectivity index (χ4n) is 2.11. The number of carbonyl (C=O) groups is 1. The summed E-state index contributed by atoms with van der Waals surface area (Å²) >= 11 is 0. The summed E-state index contributed by atoms with van der Waals surface area (Å²) in [5, 5.41) is 6.34. The highest BCUT2D eigenvalue weighted by Crippen LogP contribution is 2.30. The van der Waals surface area contributed by atoms with Gasteiger partial charge in [-0.2, -0.15) is 0 Å². The molecule has 0 atom stereocenters. The molecule has 1 aromatic carbocycles. The molecule has 2 N–H and O–H groups in total. The molecule has 1 rings (SSSR count). The molecule has 1 amide bonds. The van der Waals surface area contributed by atoms with Crippen LogP contribution in [0.15, 0.2) is 23.2 Å². The number of ether oxygens (including phenoxy) is 3. The van der Waals surface area contributed by atoms with Crippen LogP contribution in [-0.4, -0.2) is 63.5 Å². The average Bonchev–Trinajstić information content (AvgIpc) is 2.60. The van der Waals surface area contributed by atoms with E-state index in [2.05, 4.69) is 15.6 Å². The van der Waals surface area contributed by atoms with E-state index in [9.17, 15) is 4.79 Å². The lowest BCUT2D eigenvalue weighted by Crippen LogP contribution is -2.40. The van der Waals surface area contributed by atoms with Crippen molar-refractivity contribution in [3.63, 3.8) is 0 Å². The molecule has 152 valence electrons. The minimum absolute atomic E-state index is 0.358. The third-order valence-electron chi connectivity index (χ3n) is 3.39. The zero-order valence-corrected chi connectivity index (χ0v) is 17.4. The van der Waals surface area contributed by atoms with Gasteiger partial charge < -0.3 is 29.7 Å². The Morgan fingerprint density at radius 3 is 2.52 bits per heavy atom. The third kappa shape index (κ3) is 8.06. The molecule has 0 aliphatic carbocycles. The number of hydrogen-bond acceptors (Lipinski definition) is 5. The number of nitrogens with one attached hydrogen (secondary N) is 2. The Morgan fingerprint density at radius 1 is 1.26 bits per heavy atom. The van der Waals surface area contributed by atoms with Gasteiger partial charge in [0.25, 0.3) is 0 Å². The molecule has 0 saturated heterocycles. The molecule has 0 aliphatic rings. The van der Waals surface area contributed by atoms with E-state index < -0.39 is 5.60 Å². The first-order valence-electron chi connectivity index (χ1n) is 8.92. The number of amides is 1. The molecule has 27 heavy (non-hydrogen) atoms. The second kappa shape index (κ2) is 10.5. The van der Waals surface area contributed by atoms with Gasteiger partial charge >= 0.3 is 6.09 Å². The van der Waals surface area contributed by atoms with E-state index in [4.69, 9.17) is 14.2 Å². The van der Waals surface area contributed by atoms with E-state index in [0.29, 0.717) is 37.2 Å². The second-order valence-corrected chi connectivity index (χ2v) is 6.82. The number of aliphatic imine (C=N–C) groups is 1. The van der Waals surface area contributed by atoms with E-state index in [1.807, 2.05) is 45.9 Å². The quantitative estimate of drug-likeness (QED) is 0.559. The highest BCUT2D eigenvalue weighted by Gasteiger charge is 2.19. The van der Waals surface area contributed by atoms with E-state index in [1.165, 1.54) is 4.90 Å². The largest absolute Gasteiger partial charge is 0.493 e. The first-order chi connectivity index (χ1) is 12.7. The molecule has 0 bridgehead atoms. The predicted octanol–water partition coefficient (Wildman–Crippen LogP) is 2.95. The van der Waals surface area contributed by atoms with Crippen molar-refractivity contribution in [1.29, 1.82) is 0 Å². The van der Waals surface area contributed by atoms with Crippen molar-refractivity contribution in [2.24, 2.45) is 4.99 Å². The summed E-state index contributed by atoms with van der Waals surface area (Å²) in [5.41, 5.74) is 0.298. The van der Waals surface area contributed by atoms with Gasteiger partial charge in [0.1, 0.15) is 5.60 Å². The van der Waals surface area contributed by atoms with Gasteiger partial charge in [0, 0.05) is 38.9 Å². The van der Waals surface area contributed by atoms with Crippen molar-refractivity contribution in [2.75, 3.05) is 46.2 Å².